The molecular formula is C18H16FN3O2S2. The fraction of sp³-hybridized carbons (Fsp3) is 0.278. The van der Waals surface area contributed by atoms with Crippen molar-refractivity contribution in [2.75, 3.05) is 13.1 Å². The second kappa shape index (κ2) is 7.30. The molecule has 2 aromatic heterocycles. The van der Waals surface area contributed by atoms with E-state index in [2.05, 4.69) is 15.5 Å². The van der Waals surface area contributed by atoms with E-state index in [1.54, 1.807) is 17.8 Å². The maximum absolute atomic E-state index is 13.6. The summed E-state index contributed by atoms with van der Waals surface area (Å²) < 4.78 is 14.2. The van der Waals surface area contributed by atoms with E-state index in [0.717, 1.165) is 46.8 Å². The number of benzene rings is 1. The van der Waals surface area contributed by atoms with Crippen molar-refractivity contribution < 1.29 is 14.3 Å². The van der Waals surface area contributed by atoms with Crippen LogP contribution in [0.2, 0.25) is 0 Å². The molecule has 1 aromatic carbocycles. The third-order valence-electron chi connectivity index (χ3n) is 4.26. The van der Waals surface area contributed by atoms with E-state index < -0.39 is 5.97 Å². The lowest BCUT2D eigenvalue weighted by Gasteiger charge is -2.21. The smallest absolute Gasteiger partial charge is 0.357 e. The van der Waals surface area contributed by atoms with Gasteiger partial charge in [0.15, 0.2) is 5.69 Å². The summed E-state index contributed by atoms with van der Waals surface area (Å²) in [5.41, 5.74) is 0.664. The number of rotatable bonds is 4. The molecule has 3 heterocycles. The Labute approximate surface area is 157 Å². The Kier molecular flexibility index (Phi) is 4.88. The molecule has 1 fully saturated rings. The number of carboxylic acid groups (broad SMARTS) is 1. The fourth-order valence-electron chi connectivity index (χ4n) is 3.01. The minimum absolute atomic E-state index is 0.0567. The van der Waals surface area contributed by atoms with Crippen LogP contribution in [0.3, 0.4) is 0 Å². The van der Waals surface area contributed by atoms with Gasteiger partial charge < -0.3 is 10.4 Å². The Morgan fingerprint density at radius 2 is 2.23 bits per heavy atom. The van der Waals surface area contributed by atoms with Gasteiger partial charge >= 0.3 is 5.97 Å². The standard InChI is InChI=1S/C18H16FN3O2S2/c19-11-4-1-3-10(7-11)14-8-13-16(26-14)15(18(23)24)21-22-17(13)25-12-5-2-6-20-9-12/h1,3-4,7-8,12,20H,2,5-6,9H2,(H,23,24). The fourth-order valence-corrected chi connectivity index (χ4v) is 5.38. The summed E-state index contributed by atoms with van der Waals surface area (Å²) in [5.74, 6) is -1.43. The summed E-state index contributed by atoms with van der Waals surface area (Å²) in [7, 11) is 0. The van der Waals surface area contributed by atoms with Crippen molar-refractivity contribution in [3.05, 3.63) is 41.8 Å². The summed E-state index contributed by atoms with van der Waals surface area (Å²) in [6.45, 7) is 1.92. The van der Waals surface area contributed by atoms with Crippen molar-refractivity contribution in [1.82, 2.24) is 15.5 Å². The minimum Gasteiger partial charge on any atom is -0.476 e. The Hall–Kier alpha value is -2.03. The zero-order valence-corrected chi connectivity index (χ0v) is 15.4. The maximum atomic E-state index is 13.6. The number of nitrogens with one attached hydrogen (secondary N) is 1. The van der Waals surface area contributed by atoms with Crippen molar-refractivity contribution in [2.24, 2.45) is 0 Å². The quantitative estimate of drug-likeness (QED) is 0.701. The predicted molar refractivity (Wildman–Crippen MR) is 102 cm³/mol. The van der Waals surface area contributed by atoms with Gasteiger partial charge in [-0.1, -0.05) is 23.9 Å². The largest absolute Gasteiger partial charge is 0.476 e. The number of hydrogen-bond acceptors (Lipinski definition) is 6. The van der Waals surface area contributed by atoms with E-state index in [4.69, 9.17) is 0 Å². The van der Waals surface area contributed by atoms with Crippen LogP contribution < -0.4 is 5.32 Å². The van der Waals surface area contributed by atoms with Gasteiger partial charge in [0.1, 0.15) is 10.8 Å². The first-order valence-corrected chi connectivity index (χ1v) is 9.98. The van der Waals surface area contributed by atoms with E-state index in [-0.39, 0.29) is 11.5 Å². The highest BCUT2D eigenvalue weighted by Gasteiger charge is 2.22. The van der Waals surface area contributed by atoms with E-state index in [9.17, 15) is 14.3 Å². The second-order valence-electron chi connectivity index (χ2n) is 6.11. The molecule has 134 valence electrons. The second-order valence-corrected chi connectivity index (χ2v) is 8.45. The first kappa shape index (κ1) is 17.4. The number of nitrogens with zero attached hydrogens (tertiary/aromatic N) is 2. The number of fused-ring (bicyclic) bond motifs is 1. The number of thiophene rings is 1. The van der Waals surface area contributed by atoms with Crippen LogP contribution in [0.1, 0.15) is 23.3 Å². The highest BCUT2D eigenvalue weighted by molar-refractivity contribution is 8.00. The zero-order valence-electron chi connectivity index (χ0n) is 13.7. The van der Waals surface area contributed by atoms with Crippen LogP contribution in [0.25, 0.3) is 20.5 Å². The maximum Gasteiger partial charge on any atom is 0.357 e. The summed E-state index contributed by atoms with van der Waals surface area (Å²) in [4.78, 5) is 12.3. The monoisotopic (exact) mass is 389 g/mol. The third-order valence-corrected chi connectivity index (χ3v) is 6.71. The van der Waals surface area contributed by atoms with Crippen molar-refractivity contribution in [3.8, 4) is 10.4 Å². The van der Waals surface area contributed by atoms with Gasteiger partial charge in [-0.25, -0.2) is 9.18 Å². The molecule has 1 saturated heterocycles. The molecule has 0 amide bonds. The Bertz CT molecular complexity index is 970. The Morgan fingerprint density at radius 3 is 2.96 bits per heavy atom. The van der Waals surface area contributed by atoms with Crippen LogP contribution in [-0.2, 0) is 0 Å². The summed E-state index contributed by atoms with van der Waals surface area (Å²) >= 11 is 2.94. The van der Waals surface area contributed by atoms with E-state index in [1.165, 1.54) is 23.5 Å². The molecule has 0 aliphatic carbocycles. The highest BCUT2D eigenvalue weighted by atomic mass is 32.2. The third kappa shape index (κ3) is 3.44. The molecule has 1 atom stereocenters. The van der Waals surface area contributed by atoms with E-state index in [0.29, 0.717) is 9.95 Å². The molecule has 0 radical (unpaired) electrons. The number of aromatic nitrogens is 2. The van der Waals surface area contributed by atoms with Crippen molar-refractivity contribution in [1.29, 1.82) is 0 Å². The highest BCUT2D eigenvalue weighted by Crippen LogP contribution is 2.40. The van der Waals surface area contributed by atoms with Crippen LogP contribution in [0.4, 0.5) is 4.39 Å². The number of carbonyl (C=O) groups is 1. The number of hydrogen-bond donors (Lipinski definition) is 2. The topological polar surface area (TPSA) is 75.1 Å². The molecule has 5 nitrogen and oxygen atoms in total. The Morgan fingerprint density at radius 1 is 1.35 bits per heavy atom. The first-order chi connectivity index (χ1) is 12.6. The number of thioether (sulfide) groups is 1. The van der Waals surface area contributed by atoms with Gasteiger partial charge in [-0.2, -0.15) is 0 Å². The molecule has 1 aliphatic rings. The van der Waals surface area contributed by atoms with Crippen molar-refractivity contribution in [3.63, 3.8) is 0 Å². The van der Waals surface area contributed by atoms with Crippen LogP contribution >= 0.6 is 23.1 Å². The average molecular weight is 389 g/mol. The average Bonchev–Trinajstić information content (AvgIpc) is 3.08. The normalized spacial score (nSPS) is 17.5. The molecule has 26 heavy (non-hydrogen) atoms. The lowest BCUT2D eigenvalue weighted by molar-refractivity contribution is 0.0691. The molecular weight excluding hydrogens is 373 g/mol. The number of halogens is 1. The number of carboxylic acids is 1. The van der Waals surface area contributed by atoms with Gasteiger partial charge in [-0.15, -0.1) is 21.5 Å². The van der Waals surface area contributed by atoms with E-state index in [1.807, 2.05) is 12.1 Å². The molecule has 2 N–H and O–H groups in total. The van der Waals surface area contributed by atoms with E-state index >= 15 is 0 Å². The molecule has 0 spiro atoms. The molecule has 3 aromatic rings. The van der Waals surface area contributed by atoms with Gasteiger partial charge in [0.05, 0.1) is 4.70 Å². The molecule has 0 bridgehead atoms. The number of aromatic carboxylic acids is 1. The lowest BCUT2D eigenvalue weighted by Crippen LogP contribution is -2.31. The summed E-state index contributed by atoms with van der Waals surface area (Å²) in [6, 6.07) is 8.19. The lowest BCUT2D eigenvalue weighted by atomic mass is 10.1. The number of piperidine rings is 1. The Balaban J connectivity index is 1.80. The predicted octanol–water partition coefficient (Wildman–Crippen LogP) is 4.04. The molecule has 1 aliphatic heterocycles. The molecule has 0 saturated carbocycles. The van der Waals surface area contributed by atoms with Gasteiger partial charge in [-0.05, 0) is 43.1 Å². The van der Waals surface area contributed by atoms with Crippen LogP contribution in [0, 0.1) is 5.82 Å². The summed E-state index contributed by atoms with van der Waals surface area (Å²) in [6.07, 6.45) is 2.20. The van der Waals surface area contributed by atoms with Crippen molar-refractivity contribution in [2.45, 2.75) is 23.1 Å². The van der Waals surface area contributed by atoms with Crippen LogP contribution in [0.15, 0.2) is 35.4 Å². The van der Waals surface area contributed by atoms with Gasteiger partial charge in [-0.3, -0.25) is 0 Å². The first-order valence-electron chi connectivity index (χ1n) is 8.28. The van der Waals surface area contributed by atoms with Crippen LogP contribution in [0.5, 0.6) is 0 Å². The SMILES string of the molecule is O=C(O)c1nnc(SC2CCCNC2)c2cc(-c3cccc(F)c3)sc12. The van der Waals surface area contributed by atoms with Gasteiger partial charge in [0.2, 0.25) is 0 Å². The molecule has 1 unspecified atom stereocenters. The van der Waals surface area contributed by atoms with Crippen LogP contribution in [-0.4, -0.2) is 39.6 Å². The summed E-state index contributed by atoms with van der Waals surface area (Å²) in [5, 5.41) is 22.8. The minimum atomic E-state index is -1.11. The van der Waals surface area contributed by atoms with Gasteiger partial charge in [0, 0.05) is 22.1 Å². The molecule has 8 heteroatoms. The van der Waals surface area contributed by atoms with Gasteiger partial charge in [0.25, 0.3) is 0 Å². The zero-order chi connectivity index (χ0) is 18.1. The van der Waals surface area contributed by atoms with Crippen molar-refractivity contribution >= 4 is 39.2 Å². The molecule has 4 rings (SSSR count).